The highest BCUT2D eigenvalue weighted by Crippen LogP contribution is 2.27. The number of rotatable bonds is 1. The van der Waals surface area contributed by atoms with Gasteiger partial charge in [-0.05, 0) is 31.4 Å². The Morgan fingerprint density at radius 2 is 2.15 bits per heavy atom. The summed E-state index contributed by atoms with van der Waals surface area (Å²) >= 11 is 0. The van der Waals surface area contributed by atoms with Crippen molar-refractivity contribution in [3.8, 4) is 0 Å². The Balaban J connectivity index is 2.14. The maximum absolute atomic E-state index is 6.10. The molecule has 0 saturated heterocycles. The Morgan fingerprint density at radius 3 is 2.77 bits per heavy atom. The van der Waals surface area contributed by atoms with Crippen LogP contribution in [0.3, 0.4) is 0 Å². The predicted octanol–water partition coefficient (Wildman–Crippen LogP) is 2.24. The van der Waals surface area contributed by atoms with Crippen molar-refractivity contribution in [2.75, 3.05) is 0 Å². The van der Waals surface area contributed by atoms with Crippen molar-refractivity contribution in [1.29, 1.82) is 0 Å². The molecule has 1 aliphatic carbocycles. The molecule has 1 saturated carbocycles. The molecule has 1 fully saturated rings. The summed E-state index contributed by atoms with van der Waals surface area (Å²) in [7, 11) is 0. The molecule has 2 rings (SSSR count). The number of hydrogen-bond acceptors (Lipinski definition) is 1. The van der Waals surface area contributed by atoms with E-state index in [0.717, 1.165) is 0 Å². The zero-order valence-corrected chi connectivity index (χ0v) is 8.24. The highest BCUT2D eigenvalue weighted by atomic mass is 15.0. The summed E-state index contributed by atoms with van der Waals surface area (Å²) in [5.41, 5.74) is 7.43. The average Bonchev–Trinajstić information content (AvgIpc) is 2.53. The molecule has 2 nitrogen and oxygen atoms in total. The summed E-state index contributed by atoms with van der Waals surface area (Å²) in [4.78, 5) is 0. The van der Waals surface area contributed by atoms with Crippen LogP contribution in [0.1, 0.15) is 37.3 Å². The molecule has 2 heteroatoms. The van der Waals surface area contributed by atoms with Crippen LogP contribution < -0.4 is 5.73 Å². The van der Waals surface area contributed by atoms with Crippen molar-refractivity contribution < 1.29 is 0 Å². The normalized spacial score (nSPS) is 29.1. The maximum Gasteiger partial charge on any atom is 0.0481 e. The van der Waals surface area contributed by atoms with E-state index in [2.05, 4.69) is 30.0 Å². The fraction of sp³-hybridized carbons (Fsp3) is 0.636. The molecule has 13 heavy (non-hydrogen) atoms. The third kappa shape index (κ3) is 1.78. The summed E-state index contributed by atoms with van der Waals surface area (Å²) in [5, 5.41) is 0. The van der Waals surface area contributed by atoms with Crippen LogP contribution in [0.5, 0.6) is 0 Å². The molecule has 72 valence electrons. The molecule has 0 spiro atoms. The van der Waals surface area contributed by atoms with Crippen LogP contribution in [-0.4, -0.2) is 10.6 Å². The first-order chi connectivity index (χ1) is 6.27. The second-order valence-electron chi connectivity index (χ2n) is 4.15. The number of nitrogens with zero attached hydrogens (tertiary/aromatic N) is 1. The molecule has 1 heterocycles. The van der Waals surface area contributed by atoms with Gasteiger partial charge in [0, 0.05) is 24.5 Å². The summed E-state index contributed by atoms with van der Waals surface area (Å²) in [6, 6.07) is 3.06. The van der Waals surface area contributed by atoms with Crippen molar-refractivity contribution in [2.45, 2.75) is 44.7 Å². The highest BCUT2D eigenvalue weighted by molar-refractivity contribution is 5.09. The van der Waals surface area contributed by atoms with E-state index < -0.39 is 0 Å². The van der Waals surface area contributed by atoms with E-state index in [4.69, 9.17) is 5.73 Å². The van der Waals surface area contributed by atoms with E-state index in [9.17, 15) is 0 Å². The van der Waals surface area contributed by atoms with Gasteiger partial charge in [-0.15, -0.1) is 0 Å². The molecule has 1 aliphatic rings. The first-order valence-corrected chi connectivity index (χ1v) is 5.17. The minimum Gasteiger partial charge on any atom is -0.349 e. The molecule has 1 aromatic heterocycles. The first-order valence-electron chi connectivity index (χ1n) is 5.17. The smallest absolute Gasteiger partial charge is 0.0481 e. The van der Waals surface area contributed by atoms with Crippen LogP contribution >= 0.6 is 0 Å². The van der Waals surface area contributed by atoms with Crippen LogP contribution in [0.4, 0.5) is 0 Å². The van der Waals surface area contributed by atoms with E-state index in [1.54, 1.807) is 0 Å². The Bertz CT molecular complexity index is 277. The lowest BCUT2D eigenvalue weighted by atomic mass is 9.91. The quantitative estimate of drug-likeness (QED) is 0.702. The van der Waals surface area contributed by atoms with E-state index in [1.807, 2.05) is 0 Å². The van der Waals surface area contributed by atoms with Gasteiger partial charge in [-0.1, -0.05) is 12.8 Å². The molecule has 1 aromatic rings. The van der Waals surface area contributed by atoms with Crippen LogP contribution in [0.2, 0.25) is 0 Å². The molecular formula is C11H18N2. The third-order valence-electron chi connectivity index (χ3n) is 3.03. The van der Waals surface area contributed by atoms with Gasteiger partial charge in [0.25, 0.3) is 0 Å². The number of aromatic nitrogens is 1. The fourth-order valence-electron chi connectivity index (χ4n) is 2.24. The summed E-state index contributed by atoms with van der Waals surface area (Å²) in [5.74, 6) is 0. The predicted molar refractivity (Wildman–Crippen MR) is 54.6 cm³/mol. The van der Waals surface area contributed by atoms with Crippen molar-refractivity contribution in [1.82, 2.24) is 4.57 Å². The van der Waals surface area contributed by atoms with Crippen LogP contribution in [0.15, 0.2) is 18.5 Å². The molecule has 0 aromatic carbocycles. The lowest BCUT2D eigenvalue weighted by Gasteiger charge is -2.29. The SMILES string of the molecule is Cc1ccn([C@@H]2CCCC[C@H]2N)c1. The zero-order valence-electron chi connectivity index (χ0n) is 8.24. The second-order valence-corrected chi connectivity index (χ2v) is 4.15. The van der Waals surface area contributed by atoms with Gasteiger partial charge in [0.2, 0.25) is 0 Å². The van der Waals surface area contributed by atoms with Gasteiger partial charge < -0.3 is 10.3 Å². The molecule has 2 atom stereocenters. The minimum absolute atomic E-state index is 0.362. The Labute approximate surface area is 79.7 Å². The molecule has 0 unspecified atom stereocenters. The molecule has 0 amide bonds. The topological polar surface area (TPSA) is 30.9 Å². The lowest BCUT2D eigenvalue weighted by Crippen LogP contribution is -2.34. The number of hydrogen-bond donors (Lipinski definition) is 1. The van der Waals surface area contributed by atoms with Gasteiger partial charge in [-0.3, -0.25) is 0 Å². The zero-order chi connectivity index (χ0) is 9.26. The Kier molecular flexibility index (Phi) is 2.40. The van der Waals surface area contributed by atoms with Gasteiger partial charge >= 0.3 is 0 Å². The highest BCUT2D eigenvalue weighted by Gasteiger charge is 2.22. The monoisotopic (exact) mass is 178 g/mol. The van der Waals surface area contributed by atoms with Crippen LogP contribution in [0, 0.1) is 6.92 Å². The third-order valence-corrected chi connectivity index (χ3v) is 3.03. The van der Waals surface area contributed by atoms with Crippen molar-refractivity contribution in [3.05, 3.63) is 24.0 Å². The van der Waals surface area contributed by atoms with Crippen LogP contribution in [0.25, 0.3) is 0 Å². The van der Waals surface area contributed by atoms with Crippen molar-refractivity contribution >= 4 is 0 Å². The molecule has 2 N–H and O–H groups in total. The van der Waals surface area contributed by atoms with E-state index in [1.165, 1.54) is 31.2 Å². The van der Waals surface area contributed by atoms with Gasteiger partial charge in [0.05, 0.1) is 0 Å². The fourth-order valence-corrected chi connectivity index (χ4v) is 2.24. The van der Waals surface area contributed by atoms with E-state index in [0.29, 0.717) is 12.1 Å². The maximum atomic E-state index is 6.10. The van der Waals surface area contributed by atoms with E-state index >= 15 is 0 Å². The van der Waals surface area contributed by atoms with Gasteiger partial charge in [0.15, 0.2) is 0 Å². The molecule has 0 aliphatic heterocycles. The van der Waals surface area contributed by atoms with Gasteiger partial charge in [-0.2, -0.15) is 0 Å². The van der Waals surface area contributed by atoms with Gasteiger partial charge in [-0.25, -0.2) is 0 Å². The molecular weight excluding hydrogens is 160 g/mol. The average molecular weight is 178 g/mol. The summed E-state index contributed by atoms with van der Waals surface area (Å²) in [6.45, 7) is 2.13. The molecule has 0 bridgehead atoms. The lowest BCUT2D eigenvalue weighted by molar-refractivity contribution is 0.306. The van der Waals surface area contributed by atoms with Crippen LogP contribution in [-0.2, 0) is 0 Å². The minimum atomic E-state index is 0.362. The summed E-state index contributed by atoms with van der Waals surface area (Å²) < 4.78 is 2.29. The Morgan fingerprint density at radius 1 is 1.38 bits per heavy atom. The van der Waals surface area contributed by atoms with Crippen molar-refractivity contribution in [3.63, 3.8) is 0 Å². The standard InChI is InChI=1S/C11H18N2/c1-9-6-7-13(8-9)11-5-3-2-4-10(11)12/h6-8,10-11H,2-5,12H2,1H3/t10-,11-/m1/s1. The summed E-state index contributed by atoms with van der Waals surface area (Å²) in [6.07, 6.45) is 9.42. The number of nitrogens with two attached hydrogens (primary N) is 1. The van der Waals surface area contributed by atoms with Gasteiger partial charge in [0.1, 0.15) is 0 Å². The van der Waals surface area contributed by atoms with E-state index in [-0.39, 0.29) is 0 Å². The second kappa shape index (κ2) is 3.54. The van der Waals surface area contributed by atoms with Crippen molar-refractivity contribution in [2.24, 2.45) is 5.73 Å². The number of aryl methyl sites for hydroxylation is 1. The first kappa shape index (κ1) is 8.82. The largest absolute Gasteiger partial charge is 0.349 e. The Hall–Kier alpha value is -0.760. The molecule has 0 radical (unpaired) electrons.